The largest absolute Gasteiger partial charge is 0.481 e. The van der Waals surface area contributed by atoms with Crippen molar-refractivity contribution in [3.05, 3.63) is 34.2 Å². The third-order valence-electron chi connectivity index (χ3n) is 2.16. The molecule has 1 atom stereocenters. The van der Waals surface area contributed by atoms with Crippen molar-refractivity contribution >= 4 is 11.7 Å². The molecule has 0 fully saturated rings. The quantitative estimate of drug-likeness (QED) is 0.738. The molecule has 5 heteroatoms. The van der Waals surface area contributed by atoms with Crippen LogP contribution in [0.2, 0.25) is 0 Å². The summed E-state index contributed by atoms with van der Waals surface area (Å²) in [6.45, 7) is 1.81. The topological polar surface area (TPSA) is 92.8 Å². The fraction of sp³-hybridized carbons (Fsp3) is 0.300. The minimum Gasteiger partial charge on any atom is -0.481 e. The molecule has 1 unspecified atom stereocenters. The van der Waals surface area contributed by atoms with E-state index in [1.54, 1.807) is 12.1 Å². The molecule has 0 spiro atoms. The average molecular weight is 208 g/mol. The van der Waals surface area contributed by atoms with Crippen molar-refractivity contribution in [1.82, 2.24) is 0 Å². The Morgan fingerprint density at radius 3 is 2.80 bits per heavy atom. The third kappa shape index (κ3) is 2.85. The van der Waals surface area contributed by atoms with Crippen LogP contribution >= 0.6 is 0 Å². The Labute approximate surface area is 86.9 Å². The molecule has 0 bridgehead atoms. The van der Waals surface area contributed by atoms with Crippen LogP contribution in [0, 0.1) is 11.8 Å². The van der Waals surface area contributed by atoms with Crippen LogP contribution in [-0.4, -0.2) is 11.1 Å². The van der Waals surface area contributed by atoms with Crippen molar-refractivity contribution in [2.45, 2.75) is 19.4 Å². The third-order valence-corrected chi connectivity index (χ3v) is 2.16. The zero-order valence-electron chi connectivity index (χ0n) is 8.30. The minimum absolute atomic E-state index is 0.164. The SMILES string of the molecule is Cc1ccc(N=O)cc1C(N)CC(=O)O. The second kappa shape index (κ2) is 4.65. The summed E-state index contributed by atoms with van der Waals surface area (Å²) >= 11 is 0. The molecular formula is C10H12N2O3. The molecule has 1 aromatic carbocycles. The first kappa shape index (κ1) is 11.3. The van der Waals surface area contributed by atoms with Gasteiger partial charge in [0.15, 0.2) is 0 Å². The number of aliphatic carboxylic acids is 1. The molecular weight excluding hydrogens is 196 g/mol. The van der Waals surface area contributed by atoms with Gasteiger partial charge in [-0.1, -0.05) is 6.07 Å². The molecule has 0 amide bonds. The first-order chi connectivity index (χ1) is 7.04. The summed E-state index contributed by atoms with van der Waals surface area (Å²) in [6.07, 6.45) is -0.164. The first-order valence-corrected chi connectivity index (χ1v) is 4.46. The normalized spacial score (nSPS) is 12.1. The predicted molar refractivity (Wildman–Crippen MR) is 55.8 cm³/mol. The van der Waals surface area contributed by atoms with E-state index in [2.05, 4.69) is 5.18 Å². The van der Waals surface area contributed by atoms with Crippen LogP contribution in [0.3, 0.4) is 0 Å². The molecule has 0 aromatic heterocycles. The van der Waals surface area contributed by atoms with Crippen molar-refractivity contribution in [1.29, 1.82) is 0 Å². The number of nitroso groups, excluding NO2 is 1. The maximum Gasteiger partial charge on any atom is 0.305 e. The smallest absolute Gasteiger partial charge is 0.305 e. The number of benzene rings is 1. The molecule has 1 aromatic rings. The van der Waals surface area contributed by atoms with Gasteiger partial charge in [-0.25, -0.2) is 0 Å². The van der Waals surface area contributed by atoms with Crippen LogP contribution in [0.1, 0.15) is 23.6 Å². The summed E-state index contributed by atoms with van der Waals surface area (Å²) in [6, 6.07) is 4.19. The van der Waals surface area contributed by atoms with Crippen LogP contribution < -0.4 is 5.73 Å². The van der Waals surface area contributed by atoms with Gasteiger partial charge in [0.2, 0.25) is 0 Å². The number of nitrogens with two attached hydrogens (primary N) is 1. The highest BCUT2D eigenvalue weighted by atomic mass is 16.4. The molecule has 0 aliphatic rings. The van der Waals surface area contributed by atoms with Gasteiger partial charge in [0.1, 0.15) is 5.69 Å². The molecule has 0 aliphatic heterocycles. The number of aryl methyl sites for hydroxylation is 1. The van der Waals surface area contributed by atoms with Crippen molar-refractivity contribution in [3.63, 3.8) is 0 Å². The van der Waals surface area contributed by atoms with E-state index in [4.69, 9.17) is 10.8 Å². The van der Waals surface area contributed by atoms with E-state index in [-0.39, 0.29) is 12.1 Å². The van der Waals surface area contributed by atoms with Crippen molar-refractivity contribution in [2.24, 2.45) is 10.9 Å². The number of nitrogens with zero attached hydrogens (tertiary/aromatic N) is 1. The van der Waals surface area contributed by atoms with Crippen LogP contribution in [0.4, 0.5) is 5.69 Å². The van der Waals surface area contributed by atoms with Gasteiger partial charge in [-0.05, 0) is 35.4 Å². The highest BCUT2D eigenvalue weighted by Crippen LogP contribution is 2.23. The summed E-state index contributed by atoms with van der Waals surface area (Å²) in [5, 5.41) is 11.4. The highest BCUT2D eigenvalue weighted by molar-refractivity contribution is 5.68. The summed E-state index contributed by atoms with van der Waals surface area (Å²) in [5.41, 5.74) is 7.46. The molecule has 0 heterocycles. The van der Waals surface area contributed by atoms with Gasteiger partial charge < -0.3 is 10.8 Å². The second-order valence-corrected chi connectivity index (χ2v) is 3.34. The second-order valence-electron chi connectivity index (χ2n) is 3.34. The lowest BCUT2D eigenvalue weighted by molar-refractivity contribution is -0.137. The highest BCUT2D eigenvalue weighted by Gasteiger charge is 2.13. The number of carboxylic acid groups (broad SMARTS) is 1. The fourth-order valence-electron chi connectivity index (χ4n) is 1.38. The molecule has 0 saturated carbocycles. The van der Waals surface area contributed by atoms with E-state index in [9.17, 15) is 9.70 Å². The molecule has 0 aliphatic carbocycles. The maximum atomic E-state index is 10.5. The Morgan fingerprint density at radius 2 is 2.27 bits per heavy atom. The standard InChI is InChI=1S/C10H12N2O3/c1-6-2-3-7(12-15)4-8(6)9(11)5-10(13)14/h2-4,9H,5,11H2,1H3,(H,13,14). The molecule has 5 nitrogen and oxygen atoms in total. The molecule has 0 saturated heterocycles. The van der Waals surface area contributed by atoms with E-state index in [0.717, 1.165) is 5.56 Å². The Morgan fingerprint density at radius 1 is 1.60 bits per heavy atom. The van der Waals surface area contributed by atoms with E-state index < -0.39 is 12.0 Å². The Kier molecular flexibility index (Phi) is 3.51. The zero-order chi connectivity index (χ0) is 11.4. The maximum absolute atomic E-state index is 10.5. The predicted octanol–water partition coefficient (Wildman–Crippen LogP) is 1.87. The lowest BCUT2D eigenvalue weighted by atomic mass is 9.99. The molecule has 3 N–H and O–H groups in total. The molecule has 0 radical (unpaired) electrons. The van der Waals surface area contributed by atoms with Gasteiger partial charge in [0, 0.05) is 6.04 Å². The van der Waals surface area contributed by atoms with E-state index in [1.165, 1.54) is 6.07 Å². The number of hydrogen-bond donors (Lipinski definition) is 2. The van der Waals surface area contributed by atoms with Crippen molar-refractivity contribution < 1.29 is 9.90 Å². The van der Waals surface area contributed by atoms with E-state index >= 15 is 0 Å². The lowest BCUT2D eigenvalue weighted by Gasteiger charge is -2.12. The summed E-state index contributed by atoms with van der Waals surface area (Å²) in [4.78, 5) is 20.8. The van der Waals surface area contributed by atoms with E-state index in [0.29, 0.717) is 5.56 Å². The molecule has 80 valence electrons. The molecule has 1 rings (SSSR count). The van der Waals surface area contributed by atoms with Gasteiger partial charge in [-0.3, -0.25) is 4.79 Å². The van der Waals surface area contributed by atoms with E-state index in [1.807, 2.05) is 6.92 Å². The van der Waals surface area contributed by atoms with Gasteiger partial charge in [-0.15, -0.1) is 4.91 Å². The van der Waals surface area contributed by atoms with Gasteiger partial charge in [0.25, 0.3) is 0 Å². The van der Waals surface area contributed by atoms with Gasteiger partial charge in [0.05, 0.1) is 6.42 Å². The Balaban J connectivity index is 3.00. The monoisotopic (exact) mass is 208 g/mol. The number of rotatable bonds is 4. The van der Waals surface area contributed by atoms with Crippen LogP contribution in [0.25, 0.3) is 0 Å². The van der Waals surface area contributed by atoms with Gasteiger partial charge in [-0.2, -0.15) is 0 Å². The summed E-state index contributed by atoms with van der Waals surface area (Å²) in [5.74, 6) is -0.966. The summed E-state index contributed by atoms with van der Waals surface area (Å²) in [7, 11) is 0. The van der Waals surface area contributed by atoms with Crippen molar-refractivity contribution in [2.75, 3.05) is 0 Å². The lowest BCUT2D eigenvalue weighted by Crippen LogP contribution is -2.15. The Bertz CT molecular complexity index is 390. The number of carboxylic acids is 1. The minimum atomic E-state index is -0.966. The van der Waals surface area contributed by atoms with Crippen LogP contribution in [0.5, 0.6) is 0 Å². The number of hydrogen-bond acceptors (Lipinski definition) is 4. The van der Waals surface area contributed by atoms with Gasteiger partial charge >= 0.3 is 5.97 Å². The first-order valence-electron chi connectivity index (χ1n) is 4.46. The summed E-state index contributed by atoms with van der Waals surface area (Å²) < 4.78 is 0. The Hall–Kier alpha value is -1.75. The number of carbonyl (C=O) groups is 1. The zero-order valence-corrected chi connectivity index (χ0v) is 8.30. The van der Waals surface area contributed by atoms with Crippen LogP contribution in [-0.2, 0) is 4.79 Å². The van der Waals surface area contributed by atoms with Crippen molar-refractivity contribution in [3.8, 4) is 0 Å². The fourth-order valence-corrected chi connectivity index (χ4v) is 1.38. The average Bonchev–Trinajstić information content (AvgIpc) is 2.17. The van der Waals surface area contributed by atoms with Crippen LogP contribution in [0.15, 0.2) is 23.4 Å². The molecule has 15 heavy (non-hydrogen) atoms.